The molecule has 0 amide bonds. The van der Waals surface area contributed by atoms with Gasteiger partial charge in [0.05, 0.1) is 17.1 Å². The van der Waals surface area contributed by atoms with Gasteiger partial charge in [-0.2, -0.15) is 9.78 Å². The summed E-state index contributed by atoms with van der Waals surface area (Å²) >= 11 is 3.51. The molecular formula is C29H23BrN4O2. The molecule has 36 heavy (non-hydrogen) atoms. The molecule has 0 aliphatic heterocycles. The Morgan fingerprint density at radius 1 is 1.00 bits per heavy atom. The van der Waals surface area contributed by atoms with Gasteiger partial charge in [0, 0.05) is 38.1 Å². The van der Waals surface area contributed by atoms with Gasteiger partial charge in [-0.15, -0.1) is 0 Å². The third-order valence-electron chi connectivity index (χ3n) is 6.48. The highest BCUT2D eigenvalue weighted by molar-refractivity contribution is 9.10. The van der Waals surface area contributed by atoms with Gasteiger partial charge < -0.3 is 8.98 Å². The summed E-state index contributed by atoms with van der Waals surface area (Å²) in [6.45, 7) is 6.41. The van der Waals surface area contributed by atoms with E-state index in [0.29, 0.717) is 28.1 Å². The van der Waals surface area contributed by atoms with Crippen LogP contribution in [-0.2, 0) is 0 Å². The largest absolute Gasteiger partial charge is 0.453 e. The van der Waals surface area contributed by atoms with Gasteiger partial charge in [0.25, 0.3) is 5.56 Å². The Labute approximate surface area is 215 Å². The Morgan fingerprint density at radius 3 is 2.56 bits per heavy atom. The van der Waals surface area contributed by atoms with Crippen LogP contribution in [0.15, 0.2) is 91.6 Å². The van der Waals surface area contributed by atoms with Gasteiger partial charge in [-0.25, -0.2) is 4.98 Å². The maximum Gasteiger partial charge on any atom is 0.282 e. The molecule has 3 heterocycles. The van der Waals surface area contributed by atoms with Crippen LogP contribution in [0.5, 0.6) is 0 Å². The normalized spacial score (nSPS) is 12.1. The summed E-state index contributed by atoms with van der Waals surface area (Å²) in [6.07, 6.45) is 1.76. The van der Waals surface area contributed by atoms with E-state index < -0.39 is 0 Å². The smallest absolute Gasteiger partial charge is 0.282 e. The van der Waals surface area contributed by atoms with Crippen LogP contribution in [0.25, 0.3) is 44.4 Å². The summed E-state index contributed by atoms with van der Waals surface area (Å²) in [5.41, 5.74) is 4.25. The zero-order valence-electron chi connectivity index (χ0n) is 20.1. The summed E-state index contributed by atoms with van der Waals surface area (Å²) in [5.74, 6) is 0.831. The number of benzene rings is 3. The van der Waals surface area contributed by atoms with E-state index >= 15 is 0 Å². The fraction of sp³-hybridized carbons (Fsp3) is 0.138. The lowest BCUT2D eigenvalue weighted by molar-refractivity contribution is 0.607. The molecule has 0 saturated heterocycles. The number of nitrogens with zero attached hydrogens (tertiary/aromatic N) is 4. The fourth-order valence-electron chi connectivity index (χ4n) is 4.88. The Kier molecular flexibility index (Phi) is 5.38. The molecule has 0 radical (unpaired) electrons. The molecular weight excluding hydrogens is 516 g/mol. The molecule has 0 spiro atoms. The number of hydrogen-bond donors (Lipinski definition) is 0. The van der Waals surface area contributed by atoms with Crippen LogP contribution < -0.4 is 5.56 Å². The first-order valence-corrected chi connectivity index (χ1v) is 12.6. The first-order chi connectivity index (χ1) is 17.4. The minimum absolute atomic E-state index is 0.251. The molecule has 0 N–H and O–H groups in total. The lowest BCUT2D eigenvalue weighted by Gasteiger charge is -2.12. The number of furan rings is 1. The van der Waals surface area contributed by atoms with Crippen molar-refractivity contribution in [2.75, 3.05) is 0 Å². The highest BCUT2D eigenvalue weighted by Crippen LogP contribution is 2.30. The molecule has 0 saturated carbocycles. The number of hydrogen-bond acceptors (Lipinski definition) is 4. The van der Waals surface area contributed by atoms with Gasteiger partial charge in [0.1, 0.15) is 5.58 Å². The standard InChI is InChI=1S/C29H23BrN4O2/c1-17(2)33-18(3)23(21-8-5-7-11-25(21)33)16-31-34-28(32-24-10-6-4-9-22(24)29(34)35)27-15-19-14-20(30)12-13-26(19)36-27/h4-17H,1-3H3. The van der Waals surface area contributed by atoms with Gasteiger partial charge in [0.2, 0.25) is 5.82 Å². The maximum atomic E-state index is 13.6. The van der Waals surface area contributed by atoms with Crippen molar-refractivity contribution < 1.29 is 4.42 Å². The third kappa shape index (κ3) is 3.58. The molecule has 178 valence electrons. The van der Waals surface area contributed by atoms with Crippen LogP contribution >= 0.6 is 15.9 Å². The summed E-state index contributed by atoms with van der Waals surface area (Å²) in [4.78, 5) is 18.4. The molecule has 0 unspecified atom stereocenters. The highest BCUT2D eigenvalue weighted by atomic mass is 79.9. The first-order valence-electron chi connectivity index (χ1n) is 11.8. The van der Waals surface area contributed by atoms with Crippen molar-refractivity contribution in [3.63, 3.8) is 0 Å². The van der Waals surface area contributed by atoms with E-state index in [1.807, 2.05) is 54.6 Å². The summed E-state index contributed by atoms with van der Waals surface area (Å²) < 4.78 is 10.7. The van der Waals surface area contributed by atoms with Crippen LogP contribution in [0.4, 0.5) is 0 Å². The van der Waals surface area contributed by atoms with Gasteiger partial charge in [0.15, 0.2) is 5.76 Å². The molecule has 3 aromatic heterocycles. The van der Waals surface area contributed by atoms with Gasteiger partial charge in [-0.05, 0) is 63.2 Å². The van der Waals surface area contributed by atoms with Crippen LogP contribution in [0.1, 0.15) is 31.1 Å². The molecule has 3 aromatic carbocycles. The lowest BCUT2D eigenvalue weighted by Crippen LogP contribution is -2.20. The minimum atomic E-state index is -0.251. The molecule has 6 rings (SSSR count). The Balaban J connectivity index is 1.60. The Morgan fingerprint density at radius 2 is 1.75 bits per heavy atom. The second-order valence-electron chi connectivity index (χ2n) is 9.09. The monoisotopic (exact) mass is 538 g/mol. The number of aromatic nitrogens is 3. The van der Waals surface area contributed by atoms with Crippen molar-refractivity contribution in [1.82, 2.24) is 14.2 Å². The molecule has 7 heteroatoms. The molecule has 0 aliphatic rings. The van der Waals surface area contributed by atoms with Crippen molar-refractivity contribution in [2.24, 2.45) is 5.10 Å². The minimum Gasteiger partial charge on any atom is -0.453 e. The second kappa shape index (κ2) is 8.60. The predicted octanol–water partition coefficient (Wildman–Crippen LogP) is 7.30. The van der Waals surface area contributed by atoms with E-state index in [0.717, 1.165) is 32.0 Å². The van der Waals surface area contributed by atoms with Crippen LogP contribution in [0, 0.1) is 6.92 Å². The molecule has 0 bridgehead atoms. The zero-order valence-corrected chi connectivity index (χ0v) is 21.7. The van der Waals surface area contributed by atoms with E-state index in [9.17, 15) is 4.79 Å². The number of para-hydroxylation sites is 2. The van der Waals surface area contributed by atoms with Crippen molar-refractivity contribution in [3.8, 4) is 11.6 Å². The van der Waals surface area contributed by atoms with Crippen molar-refractivity contribution >= 4 is 54.9 Å². The Hall–Kier alpha value is -3.97. The third-order valence-corrected chi connectivity index (χ3v) is 6.97. The second-order valence-corrected chi connectivity index (χ2v) is 10.0. The summed E-state index contributed by atoms with van der Waals surface area (Å²) in [6, 6.07) is 23.5. The predicted molar refractivity (Wildman–Crippen MR) is 149 cm³/mol. The van der Waals surface area contributed by atoms with Gasteiger partial charge >= 0.3 is 0 Å². The van der Waals surface area contributed by atoms with Crippen molar-refractivity contribution in [2.45, 2.75) is 26.8 Å². The number of halogens is 1. The van der Waals surface area contributed by atoms with Crippen LogP contribution in [0.2, 0.25) is 0 Å². The molecule has 6 aromatic rings. The molecule has 0 fully saturated rings. The quantitative estimate of drug-likeness (QED) is 0.221. The van der Waals surface area contributed by atoms with Crippen molar-refractivity contribution in [3.05, 3.63) is 98.9 Å². The molecule has 0 aliphatic carbocycles. The van der Waals surface area contributed by atoms with E-state index in [4.69, 9.17) is 14.5 Å². The number of rotatable bonds is 4. The summed E-state index contributed by atoms with van der Waals surface area (Å²) in [7, 11) is 0. The van der Waals surface area contributed by atoms with E-state index in [-0.39, 0.29) is 11.6 Å². The van der Waals surface area contributed by atoms with Gasteiger partial charge in [-0.3, -0.25) is 4.79 Å². The van der Waals surface area contributed by atoms with Crippen molar-refractivity contribution in [1.29, 1.82) is 0 Å². The van der Waals surface area contributed by atoms with E-state index in [1.165, 1.54) is 4.68 Å². The molecule has 6 nitrogen and oxygen atoms in total. The SMILES string of the molecule is Cc1c(C=Nn2c(-c3cc4cc(Br)ccc4o3)nc3ccccc3c2=O)c2ccccc2n1C(C)C. The van der Waals surface area contributed by atoms with E-state index in [1.54, 1.807) is 12.3 Å². The fourth-order valence-corrected chi connectivity index (χ4v) is 5.25. The average Bonchev–Trinajstić information content (AvgIpc) is 3.41. The zero-order chi connectivity index (χ0) is 25.0. The Bertz CT molecular complexity index is 1870. The van der Waals surface area contributed by atoms with E-state index in [2.05, 4.69) is 53.4 Å². The van der Waals surface area contributed by atoms with Crippen LogP contribution in [0.3, 0.4) is 0 Å². The number of fused-ring (bicyclic) bond motifs is 3. The topological polar surface area (TPSA) is 65.3 Å². The van der Waals surface area contributed by atoms with Crippen LogP contribution in [-0.4, -0.2) is 20.4 Å². The highest BCUT2D eigenvalue weighted by Gasteiger charge is 2.18. The lowest BCUT2D eigenvalue weighted by atomic mass is 10.1. The summed E-state index contributed by atoms with van der Waals surface area (Å²) in [5, 5.41) is 7.20. The van der Waals surface area contributed by atoms with Gasteiger partial charge in [-0.1, -0.05) is 46.3 Å². The maximum absolute atomic E-state index is 13.6. The molecule has 0 atom stereocenters. The first kappa shape index (κ1) is 22.5. The average molecular weight is 539 g/mol.